The van der Waals surface area contributed by atoms with Crippen LogP contribution in [-0.4, -0.2) is 50.8 Å². The van der Waals surface area contributed by atoms with Gasteiger partial charge in [-0.2, -0.15) is 0 Å². The zero-order valence-corrected chi connectivity index (χ0v) is 16.8. The van der Waals surface area contributed by atoms with Crippen molar-refractivity contribution < 1.29 is 4.74 Å². The van der Waals surface area contributed by atoms with Gasteiger partial charge in [0, 0.05) is 38.7 Å². The van der Waals surface area contributed by atoms with Crippen LogP contribution in [0.25, 0.3) is 0 Å². The Labute approximate surface area is 162 Å². The fourth-order valence-electron chi connectivity index (χ4n) is 4.45. The maximum absolute atomic E-state index is 5.63. The van der Waals surface area contributed by atoms with Gasteiger partial charge in [0.1, 0.15) is 0 Å². The Bertz CT molecular complexity index is 573. The highest BCUT2D eigenvalue weighted by atomic mass is 127. The number of likely N-dealkylation sites (tertiary alicyclic amines) is 1. The van der Waals surface area contributed by atoms with E-state index in [2.05, 4.69) is 39.5 Å². The first-order chi connectivity index (χ1) is 11.3. The molecule has 1 unspecified atom stereocenters. The van der Waals surface area contributed by atoms with Gasteiger partial charge in [-0.15, -0.1) is 24.0 Å². The fourth-order valence-corrected chi connectivity index (χ4v) is 4.45. The Hall–Kier alpha value is -0.820. The molecule has 2 heterocycles. The van der Waals surface area contributed by atoms with Crippen molar-refractivity contribution in [1.29, 1.82) is 0 Å². The normalized spacial score (nSPS) is 26.7. The summed E-state index contributed by atoms with van der Waals surface area (Å²) in [6.45, 7) is 5.07. The van der Waals surface area contributed by atoms with E-state index in [9.17, 15) is 0 Å². The molecular weight excluding hydrogens is 413 g/mol. The van der Waals surface area contributed by atoms with Gasteiger partial charge >= 0.3 is 0 Å². The lowest BCUT2D eigenvalue weighted by Gasteiger charge is -2.25. The van der Waals surface area contributed by atoms with Crippen molar-refractivity contribution in [3.05, 3.63) is 35.4 Å². The van der Waals surface area contributed by atoms with E-state index in [1.807, 2.05) is 7.05 Å². The van der Waals surface area contributed by atoms with Crippen LogP contribution in [0.15, 0.2) is 29.3 Å². The molecule has 1 aromatic rings. The Morgan fingerprint density at radius 2 is 2.04 bits per heavy atom. The third kappa shape index (κ3) is 3.57. The van der Waals surface area contributed by atoms with Crippen molar-refractivity contribution in [2.45, 2.75) is 25.7 Å². The average Bonchev–Trinajstić information content (AvgIpc) is 3.29. The van der Waals surface area contributed by atoms with Crippen molar-refractivity contribution >= 4 is 29.9 Å². The highest BCUT2D eigenvalue weighted by molar-refractivity contribution is 14.0. The highest BCUT2D eigenvalue weighted by Gasteiger charge is 2.42. The summed E-state index contributed by atoms with van der Waals surface area (Å²) in [4.78, 5) is 6.95. The summed E-state index contributed by atoms with van der Waals surface area (Å²) in [6, 6.07) is 8.85. The van der Waals surface area contributed by atoms with Crippen molar-refractivity contribution in [1.82, 2.24) is 10.2 Å². The lowest BCUT2D eigenvalue weighted by atomic mass is 9.87. The molecule has 3 aliphatic rings. The highest BCUT2D eigenvalue weighted by Crippen LogP contribution is 2.38. The number of hydrogen-bond acceptors (Lipinski definition) is 2. The number of hydrogen-bond donors (Lipinski definition) is 1. The van der Waals surface area contributed by atoms with Crippen molar-refractivity contribution in [2.24, 2.45) is 16.3 Å². The second kappa shape index (κ2) is 7.60. The number of benzene rings is 1. The van der Waals surface area contributed by atoms with Crippen LogP contribution in [0.2, 0.25) is 0 Å². The summed E-state index contributed by atoms with van der Waals surface area (Å²) in [6.07, 6.45) is 4.83. The van der Waals surface area contributed by atoms with E-state index in [0.717, 1.165) is 38.8 Å². The number of guanidine groups is 1. The van der Waals surface area contributed by atoms with E-state index in [0.29, 0.717) is 11.3 Å². The Morgan fingerprint density at radius 3 is 2.67 bits per heavy atom. The van der Waals surface area contributed by atoms with Crippen LogP contribution in [0, 0.1) is 11.3 Å². The predicted molar refractivity (Wildman–Crippen MR) is 108 cm³/mol. The minimum Gasteiger partial charge on any atom is -0.381 e. The molecule has 4 nitrogen and oxygen atoms in total. The van der Waals surface area contributed by atoms with Gasteiger partial charge in [-0.3, -0.25) is 4.99 Å². The SMILES string of the molecule is CN=C(NCC1Cc2ccccc2C1)N1CCC2(CCOC2)C1.I. The van der Waals surface area contributed by atoms with Crippen molar-refractivity contribution in [3.63, 3.8) is 0 Å². The molecule has 0 aromatic heterocycles. The predicted octanol–water partition coefficient (Wildman–Crippen LogP) is 2.71. The third-order valence-corrected chi connectivity index (χ3v) is 5.82. The van der Waals surface area contributed by atoms with Crippen LogP contribution in [0.3, 0.4) is 0 Å². The molecule has 1 spiro atoms. The zero-order valence-electron chi connectivity index (χ0n) is 14.5. The van der Waals surface area contributed by atoms with E-state index in [4.69, 9.17) is 4.74 Å². The zero-order chi connectivity index (χ0) is 15.7. The van der Waals surface area contributed by atoms with Gasteiger partial charge in [0.05, 0.1) is 6.61 Å². The second-order valence-electron chi connectivity index (χ2n) is 7.45. The van der Waals surface area contributed by atoms with Crippen LogP contribution >= 0.6 is 24.0 Å². The summed E-state index contributed by atoms with van der Waals surface area (Å²) >= 11 is 0. The molecule has 2 saturated heterocycles. The number of rotatable bonds is 2. The van der Waals surface area contributed by atoms with Gasteiger partial charge in [0.25, 0.3) is 0 Å². The molecule has 1 aliphatic carbocycles. The molecule has 0 radical (unpaired) electrons. The number of halogens is 1. The van der Waals surface area contributed by atoms with Gasteiger partial charge in [0.15, 0.2) is 5.96 Å². The van der Waals surface area contributed by atoms with Crippen molar-refractivity contribution in [3.8, 4) is 0 Å². The lowest BCUT2D eigenvalue weighted by Crippen LogP contribution is -2.43. The molecule has 24 heavy (non-hydrogen) atoms. The molecule has 0 amide bonds. The van der Waals surface area contributed by atoms with E-state index < -0.39 is 0 Å². The summed E-state index contributed by atoms with van der Waals surface area (Å²) in [5.41, 5.74) is 3.44. The molecule has 1 atom stereocenters. The maximum Gasteiger partial charge on any atom is 0.193 e. The van der Waals surface area contributed by atoms with Crippen LogP contribution in [0.4, 0.5) is 0 Å². The molecule has 132 valence electrons. The first-order valence-corrected chi connectivity index (χ1v) is 8.88. The molecule has 2 aliphatic heterocycles. The fraction of sp³-hybridized carbons (Fsp3) is 0.632. The smallest absolute Gasteiger partial charge is 0.193 e. The van der Waals surface area contributed by atoms with Crippen molar-refractivity contribution in [2.75, 3.05) is 39.9 Å². The van der Waals surface area contributed by atoms with Gasteiger partial charge in [0.2, 0.25) is 0 Å². The van der Waals surface area contributed by atoms with Gasteiger partial charge in [-0.1, -0.05) is 24.3 Å². The quantitative estimate of drug-likeness (QED) is 0.436. The maximum atomic E-state index is 5.63. The van der Waals surface area contributed by atoms with E-state index >= 15 is 0 Å². The minimum atomic E-state index is 0. The van der Waals surface area contributed by atoms with Crippen LogP contribution < -0.4 is 5.32 Å². The topological polar surface area (TPSA) is 36.9 Å². The van der Waals surface area contributed by atoms with Gasteiger partial charge in [-0.25, -0.2) is 0 Å². The number of ether oxygens (including phenoxy) is 1. The van der Waals surface area contributed by atoms with Gasteiger partial charge in [-0.05, 0) is 42.7 Å². The minimum absolute atomic E-state index is 0. The van der Waals surface area contributed by atoms with Crippen LogP contribution in [0.1, 0.15) is 24.0 Å². The largest absolute Gasteiger partial charge is 0.381 e. The number of aliphatic imine (C=N–C) groups is 1. The Kier molecular flexibility index (Phi) is 5.70. The summed E-state index contributed by atoms with van der Waals surface area (Å²) in [5.74, 6) is 1.76. The summed E-state index contributed by atoms with van der Waals surface area (Å²) in [7, 11) is 1.90. The molecule has 1 aromatic carbocycles. The Morgan fingerprint density at radius 1 is 1.29 bits per heavy atom. The molecule has 2 fully saturated rings. The second-order valence-corrected chi connectivity index (χ2v) is 7.45. The summed E-state index contributed by atoms with van der Waals surface area (Å²) < 4.78 is 5.63. The molecule has 5 heteroatoms. The van der Waals surface area contributed by atoms with Crippen LogP contribution in [-0.2, 0) is 17.6 Å². The monoisotopic (exact) mass is 441 g/mol. The van der Waals surface area contributed by atoms with E-state index in [1.54, 1.807) is 0 Å². The van der Waals surface area contributed by atoms with E-state index in [1.165, 1.54) is 36.8 Å². The standard InChI is InChI=1S/C19H27N3O.HI/c1-20-18(22-8-6-19(13-22)7-9-23-14-19)21-12-15-10-16-4-2-3-5-17(16)11-15;/h2-5,15H,6-14H2,1H3,(H,20,21);1H. The van der Waals surface area contributed by atoms with E-state index in [-0.39, 0.29) is 24.0 Å². The third-order valence-electron chi connectivity index (χ3n) is 5.82. The Balaban J connectivity index is 0.00000169. The number of fused-ring (bicyclic) bond motifs is 1. The molecular formula is C19H28IN3O. The number of nitrogens with zero attached hydrogens (tertiary/aromatic N) is 2. The molecule has 1 N–H and O–H groups in total. The van der Waals surface area contributed by atoms with Crippen LogP contribution in [0.5, 0.6) is 0 Å². The molecule has 0 saturated carbocycles. The molecule has 0 bridgehead atoms. The van der Waals surface area contributed by atoms with Gasteiger partial charge < -0.3 is 15.0 Å². The first kappa shape index (κ1) is 18.0. The number of nitrogens with one attached hydrogen (secondary N) is 1. The average molecular weight is 441 g/mol. The lowest BCUT2D eigenvalue weighted by molar-refractivity contribution is 0.156. The first-order valence-electron chi connectivity index (χ1n) is 8.88. The summed E-state index contributed by atoms with van der Waals surface area (Å²) in [5, 5.41) is 3.63. The molecule has 4 rings (SSSR count).